The SMILES string of the molecule is OC(O)(c1nnc(SC/C=C/c2ccccc2)s1)C(F)(F)F. The molecule has 1 aromatic heterocycles. The van der Waals surface area contributed by atoms with E-state index in [0.29, 0.717) is 17.1 Å². The molecule has 2 N–H and O–H groups in total. The summed E-state index contributed by atoms with van der Waals surface area (Å²) in [7, 11) is 0. The number of halogens is 3. The van der Waals surface area contributed by atoms with Gasteiger partial charge in [0.2, 0.25) is 0 Å². The number of rotatable bonds is 5. The molecule has 0 fully saturated rings. The van der Waals surface area contributed by atoms with Gasteiger partial charge in [-0.25, -0.2) is 0 Å². The molecule has 0 aliphatic heterocycles. The maximum Gasteiger partial charge on any atom is 0.450 e. The molecule has 0 saturated carbocycles. The predicted octanol–water partition coefficient (Wildman–Crippen LogP) is 3.04. The highest BCUT2D eigenvalue weighted by molar-refractivity contribution is 8.01. The molecule has 0 spiro atoms. The van der Waals surface area contributed by atoms with E-state index in [1.165, 1.54) is 0 Å². The second kappa shape index (κ2) is 6.78. The van der Waals surface area contributed by atoms with Gasteiger partial charge in [0, 0.05) is 5.75 Å². The van der Waals surface area contributed by atoms with Crippen molar-refractivity contribution in [2.75, 3.05) is 5.75 Å². The smallest absolute Gasteiger partial charge is 0.353 e. The van der Waals surface area contributed by atoms with Crippen molar-refractivity contribution in [3.63, 3.8) is 0 Å². The zero-order valence-corrected chi connectivity index (χ0v) is 12.6. The number of benzene rings is 1. The van der Waals surface area contributed by atoms with Crippen LogP contribution in [-0.4, -0.2) is 32.3 Å². The van der Waals surface area contributed by atoms with Gasteiger partial charge in [0.15, 0.2) is 9.35 Å². The first-order valence-electron chi connectivity index (χ1n) is 6.00. The van der Waals surface area contributed by atoms with E-state index in [-0.39, 0.29) is 4.34 Å². The average molecular weight is 348 g/mol. The van der Waals surface area contributed by atoms with Crippen molar-refractivity contribution in [2.24, 2.45) is 0 Å². The van der Waals surface area contributed by atoms with E-state index in [1.807, 2.05) is 42.5 Å². The van der Waals surface area contributed by atoms with Crippen LogP contribution in [0.1, 0.15) is 10.6 Å². The fraction of sp³-hybridized carbons (Fsp3) is 0.231. The Morgan fingerprint density at radius 3 is 2.45 bits per heavy atom. The van der Waals surface area contributed by atoms with Crippen LogP contribution >= 0.6 is 23.1 Å². The zero-order chi connectivity index (χ0) is 16.2. The fourth-order valence-electron chi connectivity index (χ4n) is 1.40. The molecule has 0 atom stereocenters. The molecule has 0 aliphatic rings. The lowest BCUT2D eigenvalue weighted by Gasteiger charge is -2.20. The highest BCUT2D eigenvalue weighted by Crippen LogP contribution is 2.39. The van der Waals surface area contributed by atoms with Crippen molar-refractivity contribution >= 4 is 29.2 Å². The van der Waals surface area contributed by atoms with Gasteiger partial charge >= 0.3 is 12.0 Å². The molecule has 9 heteroatoms. The standard InChI is InChI=1S/C13H11F3N2O2S2/c14-13(15,16)12(19,20)10-17-18-11(22-10)21-8-4-7-9-5-2-1-3-6-9/h1-7,19-20H,8H2/b7-4+. The summed E-state index contributed by atoms with van der Waals surface area (Å²) in [6.45, 7) is 0. The van der Waals surface area contributed by atoms with Crippen molar-refractivity contribution in [1.29, 1.82) is 0 Å². The topological polar surface area (TPSA) is 66.2 Å². The summed E-state index contributed by atoms with van der Waals surface area (Å²) in [6, 6.07) is 9.51. The molecule has 0 radical (unpaired) electrons. The Labute approximate surface area is 132 Å². The molecule has 0 bridgehead atoms. The maximum atomic E-state index is 12.4. The molecule has 4 nitrogen and oxygen atoms in total. The molecule has 2 aromatic rings. The van der Waals surface area contributed by atoms with Crippen molar-refractivity contribution < 1.29 is 23.4 Å². The summed E-state index contributed by atoms with van der Waals surface area (Å²) < 4.78 is 37.6. The van der Waals surface area contributed by atoms with Crippen LogP contribution in [0.5, 0.6) is 0 Å². The van der Waals surface area contributed by atoms with Gasteiger partial charge in [0.1, 0.15) is 0 Å². The Morgan fingerprint density at radius 1 is 1.14 bits per heavy atom. The molecule has 1 aromatic carbocycles. The number of thioether (sulfide) groups is 1. The Hall–Kier alpha value is -1.42. The van der Waals surface area contributed by atoms with E-state index in [2.05, 4.69) is 10.2 Å². The molecular weight excluding hydrogens is 337 g/mol. The Balaban J connectivity index is 1.94. The second-order valence-corrected chi connectivity index (χ2v) is 6.41. The normalized spacial score (nSPS) is 13.0. The van der Waals surface area contributed by atoms with E-state index in [1.54, 1.807) is 0 Å². The van der Waals surface area contributed by atoms with E-state index < -0.39 is 17.0 Å². The van der Waals surface area contributed by atoms with Gasteiger partial charge in [0.05, 0.1) is 0 Å². The summed E-state index contributed by atoms with van der Waals surface area (Å²) in [5.41, 5.74) is 1.00. The first kappa shape index (κ1) is 16.9. The van der Waals surface area contributed by atoms with Crippen molar-refractivity contribution in [1.82, 2.24) is 10.2 Å². The average Bonchev–Trinajstić information content (AvgIpc) is 2.93. The number of nitrogens with zero attached hydrogens (tertiary/aromatic N) is 2. The molecule has 0 unspecified atom stereocenters. The van der Waals surface area contributed by atoms with Gasteiger partial charge in [-0.05, 0) is 5.56 Å². The molecule has 0 saturated heterocycles. The van der Waals surface area contributed by atoms with Gasteiger partial charge < -0.3 is 10.2 Å². The van der Waals surface area contributed by atoms with E-state index in [0.717, 1.165) is 17.3 Å². The molecule has 1 heterocycles. The summed E-state index contributed by atoms with van der Waals surface area (Å²) in [4.78, 5) is 0. The van der Waals surface area contributed by atoms with Crippen LogP contribution in [0, 0.1) is 0 Å². The largest absolute Gasteiger partial charge is 0.450 e. The van der Waals surface area contributed by atoms with Crippen LogP contribution in [0.25, 0.3) is 6.08 Å². The van der Waals surface area contributed by atoms with E-state index >= 15 is 0 Å². The first-order valence-corrected chi connectivity index (χ1v) is 7.81. The minimum Gasteiger partial charge on any atom is -0.353 e. The van der Waals surface area contributed by atoms with Gasteiger partial charge in [-0.15, -0.1) is 10.2 Å². The lowest BCUT2D eigenvalue weighted by Crippen LogP contribution is -2.41. The van der Waals surface area contributed by atoms with Crippen LogP contribution in [0.2, 0.25) is 0 Å². The third-order valence-corrected chi connectivity index (χ3v) is 4.62. The lowest BCUT2D eigenvalue weighted by atomic mass is 10.2. The Kier molecular flexibility index (Phi) is 5.22. The third-order valence-electron chi connectivity index (χ3n) is 2.51. The first-order chi connectivity index (χ1) is 10.3. The summed E-state index contributed by atoms with van der Waals surface area (Å²) in [5.74, 6) is -3.50. The van der Waals surface area contributed by atoms with Gasteiger partial charge in [-0.3, -0.25) is 0 Å². The number of aliphatic hydroxyl groups is 2. The summed E-state index contributed by atoms with van der Waals surface area (Å²) in [5, 5.41) is 24.0. The molecule has 0 aliphatic carbocycles. The monoisotopic (exact) mass is 348 g/mol. The van der Waals surface area contributed by atoms with Crippen LogP contribution in [0.3, 0.4) is 0 Å². The fourth-order valence-corrected chi connectivity index (χ4v) is 3.09. The zero-order valence-electron chi connectivity index (χ0n) is 11.0. The lowest BCUT2D eigenvalue weighted by molar-refractivity contribution is -0.358. The van der Waals surface area contributed by atoms with Crippen molar-refractivity contribution in [3.8, 4) is 0 Å². The highest BCUT2D eigenvalue weighted by Gasteiger charge is 2.57. The Morgan fingerprint density at radius 2 is 1.82 bits per heavy atom. The number of alkyl halides is 3. The van der Waals surface area contributed by atoms with Crippen molar-refractivity contribution in [2.45, 2.75) is 16.3 Å². The minimum atomic E-state index is -5.22. The minimum absolute atomic E-state index is 0.226. The van der Waals surface area contributed by atoms with Crippen molar-refractivity contribution in [3.05, 3.63) is 47.0 Å². The van der Waals surface area contributed by atoms with Gasteiger partial charge in [0.25, 0.3) is 0 Å². The van der Waals surface area contributed by atoms with Crippen LogP contribution < -0.4 is 0 Å². The molecule has 22 heavy (non-hydrogen) atoms. The highest BCUT2D eigenvalue weighted by atomic mass is 32.2. The quantitative estimate of drug-likeness (QED) is 0.642. The van der Waals surface area contributed by atoms with Gasteiger partial charge in [-0.2, -0.15) is 13.2 Å². The van der Waals surface area contributed by atoms with E-state index in [4.69, 9.17) is 10.2 Å². The maximum absolute atomic E-state index is 12.4. The third kappa shape index (κ3) is 4.07. The predicted molar refractivity (Wildman–Crippen MR) is 78.3 cm³/mol. The number of aromatic nitrogens is 2. The Bertz CT molecular complexity index is 642. The summed E-state index contributed by atoms with van der Waals surface area (Å²) >= 11 is 1.66. The molecular formula is C13H11F3N2O2S2. The van der Waals surface area contributed by atoms with Crippen LogP contribution in [-0.2, 0) is 5.79 Å². The molecule has 118 valence electrons. The number of hydrogen-bond donors (Lipinski definition) is 2. The summed E-state index contributed by atoms with van der Waals surface area (Å²) in [6.07, 6.45) is -1.52. The second-order valence-electron chi connectivity index (χ2n) is 4.17. The molecule has 2 rings (SSSR count). The van der Waals surface area contributed by atoms with Crippen LogP contribution in [0.4, 0.5) is 13.2 Å². The number of hydrogen-bond acceptors (Lipinski definition) is 6. The van der Waals surface area contributed by atoms with Crippen LogP contribution in [0.15, 0.2) is 40.7 Å². The van der Waals surface area contributed by atoms with E-state index in [9.17, 15) is 13.2 Å². The van der Waals surface area contributed by atoms with Gasteiger partial charge in [-0.1, -0.05) is 65.6 Å². The molecule has 0 amide bonds.